The average molecular weight is 1550 g/mol. The van der Waals surface area contributed by atoms with Crippen LogP contribution < -0.4 is 5.32 Å². The van der Waals surface area contributed by atoms with Gasteiger partial charge in [0, 0.05) is 51.9 Å². The minimum atomic E-state index is -1.53. The number of allylic oxidation sites excluding steroid dienone is 4. The van der Waals surface area contributed by atoms with E-state index in [4.69, 9.17) is 29.2 Å². The molecule has 0 aromatic carbocycles. The van der Waals surface area contributed by atoms with Gasteiger partial charge in [0.25, 0.3) is 0 Å². The summed E-state index contributed by atoms with van der Waals surface area (Å²) in [5.74, 6) is -8.71. The number of carboxylic acids is 5. The lowest BCUT2D eigenvalue weighted by Gasteiger charge is -2.33. The lowest BCUT2D eigenvalue weighted by atomic mass is 9.89. The van der Waals surface area contributed by atoms with Gasteiger partial charge in [-0.3, -0.25) is 62.6 Å². The van der Waals surface area contributed by atoms with Crippen LogP contribution in [0, 0.1) is 5.41 Å². The first-order chi connectivity index (χ1) is 52.7. The maximum Gasteiger partial charge on any atom is 0.317 e. The Kier molecular flexibility index (Phi) is 74.6. The molecule has 0 saturated heterocycles. The zero-order valence-electron chi connectivity index (χ0n) is 69.1. The van der Waals surface area contributed by atoms with Crippen molar-refractivity contribution in [1.29, 1.82) is 0 Å². The molecule has 1 amide bonds. The lowest BCUT2D eigenvalue weighted by Crippen LogP contribution is -2.52. The van der Waals surface area contributed by atoms with Crippen molar-refractivity contribution in [1.82, 2.24) is 20.0 Å². The lowest BCUT2D eigenvalue weighted by molar-refractivity contribution is -0.168. The molecule has 0 aliphatic heterocycles. The maximum absolute atomic E-state index is 13.9. The summed E-state index contributed by atoms with van der Waals surface area (Å²) in [6, 6.07) is -1.03. The number of nitrogens with zero attached hydrogens (tertiary/aromatic N) is 3. The average Bonchev–Trinajstić information content (AvgIpc) is 0.830. The van der Waals surface area contributed by atoms with Gasteiger partial charge in [0.2, 0.25) is 5.91 Å². The van der Waals surface area contributed by atoms with Gasteiger partial charge in [-0.05, 0) is 83.5 Å². The second-order valence-corrected chi connectivity index (χ2v) is 30.1. The van der Waals surface area contributed by atoms with Gasteiger partial charge in [0.15, 0.2) is 5.41 Å². The van der Waals surface area contributed by atoms with E-state index >= 15 is 0 Å². The molecule has 0 aromatic heterocycles. The molecule has 109 heavy (non-hydrogen) atoms. The number of hydrogen-bond acceptors (Lipinski definition) is 17. The van der Waals surface area contributed by atoms with Crippen molar-refractivity contribution in [2.24, 2.45) is 5.41 Å². The summed E-state index contributed by atoms with van der Waals surface area (Å²) in [7, 11) is 0. The van der Waals surface area contributed by atoms with Crippen molar-refractivity contribution in [3.63, 3.8) is 0 Å². The molecule has 0 bridgehead atoms. The van der Waals surface area contributed by atoms with Crippen molar-refractivity contribution < 1.29 is 92.4 Å². The molecule has 0 rings (SSSR count). The molecule has 23 nitrogen and oxygen atoms in total. The number of carbonyl (C=O) groups excluding carboxylic acids is 5. The molecule has 0 heterocycles. The van der Waals surface area contributed by atoms with Crippen LogP contribution in [0.4, 0.5) is 0 Å². The fourth-order valence-corrected chi connectivity index (χ4v) is 12.8. The quantitative estimate of drug-likeness (QED) is 0.0143. The summed E-state index contributed by atoms with van der Waals surface area (Å²) >= 11 is 0. The normalized spacial score (nSPS) is 11.9. The minimum Gasteiger partial charge on any atom is -0.480 e. The number of amides is 1. The van der Waals surface area contributed by atoms with E-state index < -0.39 is 104 Å². The molecule has 1 atom stereocenters. The van der Waals surface area contributed by atoms with Gasteiger partial charge in [0.05, 0.1) is 38.8 Å². The third-order valence-electron chi connectivity index (χ3n) is 19.5. The number of unbranched alkanes of at least 4 members (excludes halogenated alkanes) is 41. The molecule has 634 valence electrons. The number of hydrogen-bond donors (Lipinski definition) is 6. The molecule has 6 N–H and O–H groups in total. The molecule has 23 heteroatoms. The Morgan fingerprint density at radius 2 is 0.560 bits per heavy atom. The number of carboxylic acid groups (broad SMARTS) is 5. The number of rotatable bonds is 80. The molecule has 0 aromatic rings. The van der Waals surface area contributed by atoms with E-state index in [1.807, 2.05) is 6.92 Å². The second-order valence-electron chi connectivity index (χ2n) is 30.1. The van der Waals surface area contributed by atoms with Gasteiger partial charge in [-0.25, -0.2) is 0 Å². The van der Waals surface area contributed by atoms with E-state index in [0.717, 1.165) is 125 Å². The third-order valence-corrected chi connectivity index (χ3v) is 19.5. The standard InChI is InChI=1S/C60H111NO7.C26H45N3O12/c1-5-9-12-15-18-21-24-27-29-32-35-38-41-44-47-50-57(63)67-54-60(59(65)61-52-8-4,53-66-56(62)49-46-43-40-37-34-31-26-23-20-17-14-11-7-3)55-68-58(64)51-48-45-42-39-36-33-30-28-25-22-19-16-13-10-6-2;1-2-3-4-5-6-7-8-9-10-26(40)41-19-20(29(17-24(36)37)18-25(38)39)13-27(14-21(30)31)11-12-28(15-22(32)33)16-23(34)35/h27-30H,5-26,31-55H2,1-4H3,(H,61,65);20H,2-19H2,1H3,(H,30,31)(H,32,33)(H,34,35)(H,36,37)(H,38,39)/b29-27-,30-28-;. The Morgan fingerprint density at radius 3 is 0.835 bits per heavy atom. The number of aliphatic carboxylic acids is 5. The van der Waals surface area contributed by atoms with Crippen molar-refractivity contribution in [3.05, 3.63) is 24.3 Å². The highest BCUT2D eigenvalue weighted by Crippen LogP contribution is 2.24. The van der Waals surface area contributed by atoms with Gasteiger partial charge >= 0.3 is 53.7 Å². The van der Waals surface area contributed by atoms with E-state index in [2.05, 4.69) is 57.3 Å². The summed E-state index contributed by atoms with van der Waals surface area (Å²) < 4.78 is 22.6. The van der Waals surface area contributed by atoms with E-state index in [-0.39, 0.29) is 71.1 Å². The van der Waals surface area contributed by atoms with Gasteiger partial charge in [-0.1, -0.05) is 284 Å². The summed E-state index contributed by atoms with van der Waals surface area (Å²) in [4.78, 5) is 125. The molecular weight excluding hydrogens is 1390 g/mol. The number of ether oxygens (including phenoxy) is 4. The zero-order valence-corrected chi connectivity index (χ0v) is 69.1. The fourth-order valence-electron chi connectivity index (χ4n) is 12.8. The van der Waals surface area contributed by atoms with Crippen LogP contribution in [0.3, 0.4) is 0 Å². The van der Waals surface area contributed by atoms with Crippen LogP contribution >= 0.6 is 0 Å². The Labute approximate surface area is 658 Å². The SMILES string of the molecule is CCCCCCCC/C=C\CCCCCCCC(=O)OCC(COC(=O)CCCCCCC/C=C\CCCCCCCC)(COC(=O)CCCCCCCCCCCCCCC)C(=O)NCCC.CCCCCCCCCCC(=O)OCC(CN(CCN(CC(=O)O)CC(=O)O)CC(=O)O)N(CC(=O)O)CC(=O)O. The van der Waals surface area contributed by atoms with Crippen molar-refractivity contribution in [3.8, 4) is 0 Å². The van der Waals surface area contributed by atoms with Crippen molar-refractivity contribution in [2.75, 3.05) is 85.3 Å². The highest BCUT2D eigenvalue weighted by atomic mass is 16.6. The molecule has 0 fully saturated rings. The predicted molar refractivity (Wildman–Crippen MR) is 432 cm³/mol. The van der Waals surface area contributed by atoms with Crippen molar-refractivity contribution >= 4 is 59.6 Å². The highest BCUT2D eigenvalue weighted by Gasteiger charge is 2.43. The number of carbonyl (C=O) groups is 10. The topological polar surface area (TPSA) is 331 Å². The largest absolute Gasteiger partial charge is 0.480 e. The summed E-state index contributed by atoms with van der Waals surface area (Å²) in [5.41, 5.74) is -1.53. The van der Waals surface area contributed by atoms with Gasteiger partial charge in [-0.15, -0.1) is 0 Å². The summed E-state index contributed by atoms with van der Waals surface area (Å²) in [6.07, 6.45) is 65.4. The first-order valence-electron chi connectivity index (χ1n) is 43.2. The fraction of sp³-hybridized carbons (Fsp3) is 0.837. The Morgan fingerprint density at radius 1 is 0.312 bits per heavy atom. The van der Waals surface area contributed by atoms with Crippen LogP contribution in [0.25, 0.3) is 0 Å². The highest BCUT2D eigenvalue weighted by molar-refractivity contribution is 5.84. The first-order valence-corrected chi connectivity index (χ1v) is 43.2. The van der Waals surface area contributed by atoms with Crippen LogP contribution in [0.5, 0.6) is 0 Å². The molecule has 0 aliphatic carbocycles. The Hall–Kier alpha value is -5.94. The second kappa shape index (κ2) is 77.4. The summed E-state index contributed by atoms with van der Waals surface area (Å²) in [5, 5.41) is 49.0. The van der Waals surface area contributed by atoms with Crippen LogP contribution in [0.1, 0.15) is 369 Å². The molecule has 0 spiro atoms. The predicted octanol–water partition coefficient (Wildman–Crippen LogP) is 18.4. The third kappa shape index (κ3) is 72.1. The van der Waals surface area contributed by atoms with E-state index in [1.165, 1.54) is 172 Å². The van der Waals surface area contributed by atoms with E-state index in [0.29, 0.717) is 32.2 Å². The van der Waals surface area contributed by atoms with Crippen LogP contribution in [-0.2, 0) is 66.9 Å². The number of esters is 4. The zero-order chi connectivity index (χ0) is 80.9. The van der Waals surface area contributed by atoms with Gasteiger partial charge in [0.1, 0.15) is 26.4 Å². The van der Waals surface area contributed by atoms with Crippen molar-refractivity contribution in [2.45, 2.75) is 375 Å². The summed E-state index contributed by atoms with van der Waals surface area (Å²) in [6.45, 7) is 6.10. The Balaban J connectivity index is 0. The van der Waals surface area contributed by atoms with E-state index in [1.54, 1.807) is 0 Å². The smallest absolute Gasteiger partial charge is 0.317 e. The van der Waals surface area contributed by atoms with Crippen LogP contribution in [-0.4, -0.2) is 191 Å². The number of nitrogens with one attached hydrogen (secondary N) is 1. The monoisotopic (exact) mass is 1550 g/mol. The molecule has 0 aliphatic rings. The Bertz CT molecular complexity index is 2270. The minimum absolute atomic E-state index is 0.123. The van der Waals surface area contributed by atoms with Crippen LogP contribution in [0.15, 0.2) is 24.3 Å². The van der Waals surface area contributed by atoms with Gasteiger partial charge in [-0.2, -0.15) is 0 Å². The molecular formula is C86H156N4O19. The first kappa shape index (κ1) is 105. The molecule has 0 saturated carbocycles. The van der Waals surface area contributed by atoms with Gasteiger partial charge < -0.3 is 49.8 Å². The molecule has 1 unspecified atom stereocenters. The molecule has 0 radical (unpaired) electrons. The van der Waals surface area contributed by atoms with E-state index in [9.17, 15) is 63.3 Å². The maximum atomic E-state index is 13.9. The van der Waals surface area contributed by atoms with Crippen LogP contribution in [0.2, 0.25) is 0 Å².